The van der Waals surface area contributed by atoms with E-state index in [1.807, 2.05) is 0 Å². The summed E-state index contributed by atoms with van der Waals surface area (Å²) in [4.78, 5) is 16.0. The van der Waals surface area contributed by atoms with E-state index in [4.69, 9.17) is 17.3 Å². The maximum atomic E-state index is 13.2. The van der Waals surface area contributed by atoms with Crippen molar-refractivity contribution in [3.8, 4) is 0 Å². The number of Topliss-reactive ketones (excluding diaryl/α,β-unsaturated/α-hetero) is 1. The highest BCUT2D eigenvalue weighted by Gasteiger charge is 2.12. The summed E-state index contributed by atoms with van der Waals surface area (Å²) in [6.07, 6.45) is 0.0990. The van der Waals surface area contributed by atoms with Gasteiger partial charge in [-0.3, -0.25) is 4.79 Å². The van der Waals surface area contributed by atoms with Crippen LogP contribution in [0.15, 0.2) is 23.6 Å². The van der Waals surface area contributed by atoms with Crippen molar-refractivity contribution in [1.29, 1.82) is 0 Å². The van der Waals surface area contributed by atoms with Crippen molar-refractivity contribution in [2.45, 2.75) is 13.0 Å². The van der Waals surface area contributed by atoms with Crippen molar-refractivity contribution >= 4 is 28.7 Å². The molecule has 0 radical (unpaired) electrons. The number of nitrogens with zero attached hydrogens (tertiary/aromatic N) is 1. The summed E-state index contributed by atoms with van der Waals surface area (Å²) >= 11 is 6.91. The highest BCUT2D eigenvalue weighted by atomic mass is 35.5. The van der Waals surface area contributed by atoms with E-state index in [2.05, 4.69) is 4.98 Å². The smallest absolute Gasteiger partial charge is 0.186 e. The predicted octanol–water partition coefficient (Wildman–Crippen LogP) is 2.82. The van der Waals surface area contributed by atoms with Crippen LogP contribution in [0.3, 0.4) is 0 Å². The molecule has 0 saturated heterocycles. The van der Waals surface area contributed by atoms with Gasteiger partial charge in [0.25, 0.3) is 0 Å². The SMILES string of the molecule is NCc1nc(C(=O)Cc2ccc(Cl)c(F)c2)cs1. The largest absolute Gasteiger partial charge is 0.325 e. The van der Waals surface area contributed by atoms with Gasteiger partial charge in [-0.15, -0.1) is 11.3 Å². The van der Waals surface area contributed by atoms with E-state index in [1.54, 1.807) is 11.4 Å². The highest BCUT2D eigenvalue weighted by molar-refractivity contribution is 7.09. The first-order valence-electron chi connectivity index (χ1n) is 5.21. The Balaban J connectivity index is 2.13. The van der Waals surface area contributed by atoms with Gasteiger partial charge in [-0.25, -0.2) is 9.37 Å². The number of ketones is 1. The summed E-state index contributed by atoms with van der Waals surface area (Å²) < 4.78 is 13.2. The Morgan fingerprint density at radius 3 is 2.89 bits per heavy atom. The summed E-state index contributed by atoms with van der Waals surface area (Å²) in [6, 6.07) is 4.32. The Morgan fingerprint density at radius 1 is 1.50 bits per heavy atom. The molecule has 94 valence electrons. The third-order valence-corrected chi connectivity index (χ3v) is 3.54. The lowest BCUT2D eigenvalue weighted by molar-refractivity contribution is 0.0988. The van der Waals surface area contributed by atoms with Crippen LogP contribution in [0, 0.1) is 5.82 Å². The van der Waals surface area contributed by atoms with Gasteiger partial charge in [0.05, 0.1) is 5.02 Å². The van der Waals surface area contributed by atoms with Crippen LogP contribution in [0.5, 0.6) is 0 Å². The lowest BCUT2D eigenvalue weighted by atomic mass is 10.1. The molecule has 0 aliphatic carbocycles. The maximum Gasteiger partial charge on any atom is 0.186 e. The van der Waals surface area contributed by atoms with Crippen LogP contribution in [0.2, 0.25) is 5.02 Å². The lowest BCUT2D eigenvalue weighted by Gasteiger charge is -2.00. The molecule has 0 spiro atoms. The van der Waals surface area contributed by atoms with Crippen molar-refractivity contribution in [3.05, 3.63) is 50.7 Å². The number of rotatable bonds is 4. The Hall–Kier alpha value is -1.30. The minimum Gasteiger partial charge on any atom is -0.325 e. The average Bonchev–Trinajstić information content (AvgIpc) is 2.82. The molecule has 2 N–H and O–H groups in total. The molecule has 1 aromatic carbocycles. The second kappa shape index (κ2) is 5.56. The summed E-state index contributed by atoms with van der Waals surface area (Å²) in [6.45, 7) is 0.313. The van der Waals surface area contributed by atoms with Crippen LogP contribution in [0.1, 0.15) is 21.1 Å². The van der Waals surface area contributed by atoms with E-state index in [9.17, 15) is 9.18 Å². The fraction of sp³-hybridized carbons (Fsp3) is 0.167. The van der Waals surface area contributed by atoms with Gasteiger partial charge >= 0.3 is 0 Å². The summed E-state index contributed by atoms with van der Waals surface area (Å²) in [5.41, 5.74) is 6.37. The minimum absolute atomic E-state index is 0.0466. The zero-order chi connectivity index (χ0) is 13.1. The zero-order valence-electron chi connectivity index (χ0n) is 9.32. The topological polar surface area (TPSA) is 56.0 Å². The molecule has 18 heavy (non-hydrogen) atoms. The number of nitrogens with two attached hydrogens (primary N) is 1. The zero-order valence-corrected chi connectivity index (χ0v) is 10.9. The predicted molar refractivity (Wildman–Crippen MR) is 69.4 cm³/mol. The number of benzene rings is 1. The molecule has 2 aromatic rings. The molecule has 2 rings (SSSR count). The Labute approximate surface area is 112 Å². The third-order valence-electron chi connectivity index (χ3n) is 2.36. The van der Waals surface area contributed by atoms with Crippen LogP contribution in [-0.4, -0.2) is 10.8 Å². The normalized spacial score (nSPS) is 10.6. The average molecular weight is 285 g/mol. The molecule has 0 atom stereocenters. The molecular weight excluding hydrogens is 275 g/mol. The number of thiazole rings is 1. The van der Waals surface area contributed by atoms with Gasteiger partial charge < -0.3 is 5.73 Å². The Bertz CT molecular complexity index is 585. The molecule has 0 saturated carbocycles. The van der Waals surface area contributed by atoms with Crippen LogP contribution in [-0.2, 0) is 13.0 Å². The first kappa shape index (κ1) is 13.1. The molecule has 0 aliphatic heterocycles. The summed E-state index contributed by atoms with van der Waals surface area (Å²) in [7, 11) is 0. The van der Waals surface area contributed by atoms with Crippen molar-refractivity contribution in [2.24, 2.45) is 5.73 Å². The molecule has 1 heterocycles. The summed E-state index contributed by atoms with van der Waals surface area (Å²) in [5, 5.41) is 2.42. The molecule has 3 nitrogen and oxygen atoms in total. The minimum atomic E-state index is -0.525. The molecule has 0 bridgehead atoms. The van der Waals surface area contributed by atoms with E-state index >= 15 is 0 Å². The van der Waals surface area contributed by atoms with Gasteiger partial charge in [0.1, 0.15) is 16.5 Å². The van der Waals surface area contributed by atoms with E-state index in [-0.39, 0.29) is 17.2 Å². The van der Waals surface area contributed by atoms with Gasteiger partial charge in [-0.1, -0.05) is 17.7 Å². The molecule has 0 fully saturated rings. The van der Waals surface area contributed by atoms with Gasteiger partial charge in [0, 0.05) is 18.3 Å². The van der Waals surface area contributed by atoms with Crippen LogP contribution in [0.25, 0.3) is 0 Å². The summed E-state index contributed by atoms with van der Waals surface area (Å²) in [5.74, 6) is -0.685. The Kier molecular flexibility index (Phi) is 4.06. The third kappa shape index (κ3) is 2.93. The number of carbonyl (C=O) groups excluding carboxylic acids is 1. The number of hydrogen-bond donors (Lipinski definition) is 1. The van der Waals surface area contributed by atoms with E-state index < -0.39 is 5.82 Å². The highest BCUT2D eigenvalue weighted by Crippen LogP contribution is 2.17. The molecule has 0 amide bonds. The van der Waals surface area contributed by atoms with Crippen LogP contribution in [0.4, 0.5) is 4.39 Å². The van der Waals surface area contributed by atoms with E-state index in [0.717, 1.165) is 0 Å². The second-order valence-corrected chi connectivity index (χ2v) is 5.03. The molecule has 0 unspecified atom stereocenters. The fourth-order valence-corrected chi connectivity index (χ4v) is 2.25. The van der Waals surface area contributed by atoms with E-state index in [0.29, 0.717) is 22.8 Å². The quantitative estimate of drug-likeness (QED) is 0.879. The van der Waals surface area contributed by atoms with Gasteiger partial charge in [0.2, 0.25) is 0 Å². The van der Waals surface area contributed by atoms with Crippen molar-refractivity contribution in [1.82, 2.24) is 4.98 Å². The molecule has 6 heteroatoms. The van der Waals surface area contributed by atoms with Crippen molar-refractivity contribution < 1.29 is 9.18 Å². The standard InChI is InChI=1S/C12H10ClFN2OS/c13-8-2-1-7(3-9(8)14)4-11(17)10-6-18-12(5-15)16-10/h1-3,6H,4-5,15H2. The molecule has 0 aliphatic rings. The number of aromatic nitrogens is 1. The van der Waals surface area contributed by atoms with Gasteiger partial charge in [0.15, 0.2) is 5.78 Å². The molecular formula is C12H10ClFN2OS. The first-order chi connectivity index (χ1) is 8.60. The second-order valence-electron chi connectivity index (χ2n) is 3.68. The first-order valence-corrected chi connectivity index (χ1v) is 6.47. The fourth-order valence-electron chi connectivity index (χ4n) is 1.46. The monoisotopic (exact) mass is 284 g/mol. The van der Waals surface area contributed by atoms with Gasteiger partial charge in [-0.2, -0.15) is 0 Å². The van der Waals surface area contributed by atoms with Crippen molar-refractivity contribution in [3.63, 3.8) is 0 Å². The number of hydrogen-bond acceptors (Lipinski definition) is 4. The lowest BCUT2D eigenvalue weighted by Crippen LogP contribution is -2.05. The number of halogens is 2. The maximum absolute atomic E-state index is 13.2. The van der Waals surface area contributed by atoms with E-state index in [1.165, 1.54) is 23.5 Å². The van der Waals surface area contributed by atoms with Crippen LogP contribution < -0.4 is 5.73 Å². The van der Waals surface area contributed by atoms with Crippen molar-refractivity contribution in [2.75, 3.05) is 0 Å². The number of carbonyl (C=O) groups is 1. The van der Waals surface area contributed by atoms with Gasteiger partial charge in [-0.05, 0) is 17.7 Å². The Morgan fingerprint density at radius 2 is 2.28 bits per heavy atom. The molecule has 1 aromatic heterocycles. The van der Waals surface area contributed by atoms with Crippen LogP contribution >= 0.6 is 22.9 Å².